The molecule has 1 aliphatic carbocycles. The summed E-state index contributed by atoms with van der Waals surface area (Å²) in [5.41, 5.74) is 4.63. The van der Waals surface area contributed by atoms with E-state index in [0.717, 1.165) is 43.5 Å². The smallest absolute Gasteiger partial charge is 0.119 e. The third-order valence-electron chi connectivity index (χ3n) is 8.44. The summed E-state index contributed by atoms with van der Waals surface area (Å²) in [6, 6.07) is 18.7. The van der Waals surface area contributed by atoms with Crippen LogP contribution in [0.2, 0.25) is 0 Å². The van der Waals surface area contributed by atoms with Crippen LogP contribution in [0.3, 0.4) is 0 Å². The summed E-state index contributed by atoms with van der Waals surface area (Å²) in [5.74, 6) is 3.21. The van der Waals surface area contributed by atoms with E-state index in [2.05, 4.69) is 83.1 Å². The van der Waals surface area contributed by atoms with Gasteiger partial charge < -0.3 is 4.74 Å². The minimum absolute atomic E-state index is 0.156. The minimum atomic E-state index is 0.156. The molecule has 2 aromatic rings. The summed E-state index contributed by atoms with van der Waals surface area (Å²) in [6.45, 7) is 12.4. The van der Waals surface area contributed by atoms with Crippen molar-refractivity contribution in [3.05, 3.63) is 65.2 Å². The van der Waals surface area contributed by atoms with Crippen molar-refractivity contribution in [2.24, 2.45) is 5.92 Å². The van der Waals surface area contributed by atoms with Crippen molar-refractivity contribution in [3.63, 3.8) is 0 Å². The molecule has 32 heavy (non-hydrogen) atoms. The van der Waals surface area contributed by atoms with Crippen LogP contribution >= 0.6 is 0 Å². The third kappa shape index (κ3) is 5.59. The molecule has 0 N–H and O–H groups in total. The van der Waals surface area contributed by atoms with Gasteiger partial charge in [0.05, 0.1) is 6.61 Å². The average molecular weight is 435 g/mol. The van der Waals surface area contributed by atoms with Crippen LogP contribution in [0.1, 0.15) is 121 Å². The van der Waals surface area contributed by atoms with Gasteiger partial charge in [0.2, 0.25) is 0 Å². The zero-order chi connectivity index (χ0) is 23.0. The van der Waals surface area contributed by atoms with Gasteiger partial charge in [-0.25, -0.2) is 0 Å². The zero-order valence-electron chi connectivity index (χ0n) is 21.3. The lowest BCUT2D eigenvalue weighted by molar-refractivity contribution is 0.308. The topological polar surface area (TPSA) is 9.23 Å². The summed E-state index contributed by atoms with van der Waals surface area (Å²) < 4.78 is 5.83. The van der Waals surface area contributed by atoms with Crippen LogP contribution in [-0.2, 0) is 5.41 Å². The zero-order valence-corrected chi connectivity index (χ0v) is 21.3. The Morgan fingerprint density at radius 2 is 1.44 bits per heavy atom. The molecule has 2 aromatic carbocycles. The van der Waals surface area contributed by atoms with Gasteiger partial charge in [-0.2, -0.15) is 0 Å². The van der Waals surface area contributed by atoms with Crippen molar-refractivity contribution < 1.29 is 4.74 Å². The van der Waals surface area contributed by atoms with Crippen LogP contribution in [0.5, 0.6) is 5.75 Å². The molecule has 0 heterocycles. The lowest BCUT2D eigenvalue weighted by atomic mass is 9.65. The molecule has 1 fully saturated rings. The summed E-state index contributed by atoms with van der Waals surface area (Å²) in [6.07, 6.45) is 11.7. The molecule has 0 saturated heterocycles. The van der Waals surface area contributed by atoms with Gasteiger partial charge in [0.15, 0.2) is 0 Å². The SMILES string of the molecule is CCCOc1ccc(C(CC)(CC)[C@H](C)c2ccc(C3CCC(CCC)CC3)cc2)cc1. The first kappa shape index (κ1) is 24.9. The Labute approximate surface area is 198 Å². The minimum Gasteiger partial charge on any atom is -0.494 e. The number of hydrogen-bond acceptors (Lipinski definition) is 1. The first-order valence-corrected chi connectivity index (χ1v) is 13.4. The molecule has 1 atom stereocenters. The Balaban J connectivity index is 1.74. The highest BCUT2D eigenvalue weighted by Gasteiger charge is 2.35. The molecule has 0 unspecified atom stereocenters. The molecule has 0 spiro atoms. The van der Waals surface area contributed by atoms with Gasteiger partial charge in [0.1, 0.15) is 5.75 Å². The van der Waals surface area contributed by atoms with E-state index in [9.17, 15) is 0 Å². The van der Waals surface area contributed by atoms with Crippen molar-refractivity contribution in [2.45, 2.75) is 110 Å². The van der Waals surface area contributed by atoms with Gasteiger partial charge in [0.25, 0.3) is 0 Å². The average Bonchev–Trinajstić information content (AvgIpc) is 2.85. The van der Waals surface area contributed by atoms with Crippen molar-refractivity contribution >= 4 is 0 Å². The quantitative estimate of drug-likeness (QED) is 0.342. The first-order valence-electron chi connectivity index (χ1n) is 13.4. The number of benzene rings is 2. The molecule has 0 aliphatic heterocycles. The molecule has 176 valence electrons. The molecule has 1 heteroatoms. The van der Waals surface area contributed by atoms with Crippen LogP contribution in [0.15, 0.2) is 48.5 Å². The van der Waals surface area contributed by atoms with E-state index in [0.29, 0.717) is 5.92 Å². The summed E-state index contributed by atoms with van der Waals surface area (Å²) in [4.78, 5) is 0. The molecule has 0 amide bonds. The standard InChI is InChI=1S/C31H46O/c1-6-10-25-11-13-27(14-12-25)28-17-15-26(16-18-28)24(5)31(8-3,9-4)29-19-21-30(22-20-29)32-23-7-2/h15-22,24-25,27H,6-14,23H2,1-5H3/t24-,25?,27?/m1/s1. The Morgan fingerprint density at radius 3 is 1.97 bits per heavy atom. The normalized spacial score (nSPS) is 20.2. The molecular formula is C31H46O. The summed E-state index contributed by atoms with van der Waals surface area (Å²) in [7, 11) is 0. The summed E-state index contributed by atoms with van der Waals surface area (Å²) in [5, 5.41) is 0. The van der Waals surface area contributed by atoms with Gasteiger partial charge in [-0.1, -0.05) is 83.9 Å². The third-order valence-corrected chi connectivity index (χ3v) is 8.44. The Hall–Kier alpha value is -1.76. The molecule has 0 aromatic heterocycles. The van der Waals surface area contributed by atoms with E-state index >= 15 is 0 Å². The maximum absolute atomic E-state index is 5.83. The van der Waals surface area contributed by atoms with Crippen LogP contribution in [0.4, 0.5) is 0 Å². The Bertz CT molecular complexity index is 776. The van der Waals surface area contributed by atoms with E-state index in [1.807, 2.05) is 0 Å². The van der Waals surface area contributed by atoms with Crippen LogP contribution in [-0.4, -0.2) is 6.61 Å². The molecule has 1 aliphatic rings. The van der Waals surface area contributed by atoms with E-state index in [-0.39, 0.29) is 5.41 Å². The second-order valence-electron chi connectivity index (χ2n) is 10.1. The fourth-order valence-corrected chi connectivity index (χ4v) is 6.19. The lowest BCUT2D eigenvalue weighted by Crippen LogP contribution is -2.31. The van der Waals surface area contributed by atoms with Crippen LogP contribution < -0.4 is 4.74 Å². The van der Waals surface area contributed by atoms with Crippen molar-refractivity contribution in [1.82, 2.24) is 0 Å². The van der Waals surface area contributed by atoms with Gasteiger partial charge in [-0.05, 0) is 91.5 Å². The van der Waals surface area contributed by atoms with Crippen molar-refractivity contribution in [1.29, 1.82) is 0 Å². The van der Waals surface area contributed by atoms with Crippen LogP contribution in [0.25, 0.3) is 0 Å². The fraction of sp³-hybridized carbons (Fsp3) is 0.613. The van der Waals surface area contributed by atoms with Gasteiger partial charge >= 0.3 is 0 Å². The van der Waals surface area contributed by atoms with Crippen molar-refractivity contribution in [3.8, 4) is 5.75 Å². The molecule has 1 saturated carbocycles. The highest BCUT2D eigenvalue weighted by Crippen LogP contribution is 2.45. The summed E-state index contributed by atoms with van der Waals surface area (Å²) >= 11 is 0. The predicted octanol–water partition coefficient (Wildman–Crippen LogP) is 9.41. The highest BCUT2D eigenvalue weighted by molar-refractivity contribution is 5.38. The molecular weight excluding hydrogens is 388 g/mol. The molecule has 1 nitrogen and oxygen atoms in total. The van der Waals surface area contributed by atoms with E-state index in [4.69, 9.17) is 4.74 Å². The second kappa shape index (κ2) is 11.9. The van der Waals surface area contributed by atoms with E-state index in [1.54, 1.807) is 5.56 Å². The predicted molar refractivity (Wildman–Crippen MR) is 139 cm³/mol. The largest absolute Gasteiger partial charge is 0.494 e. The lowest BCUT2D eigenvalue weighted by Gasteiger charge is -2.39. The molecule has 0 radical (unpaired) electrons. The molecule has 3 rings (SSSR count). The number of rotatable bonds is 11. The Kier molecular flexibility index (Phi) is 9.26. The van der Waals surface area contributed by atoms with E-state index < -0.39 is 0 Å². The van der Waals surface area contributed by atoms with Gasteiger partial charge in [0, 0.05) is 5.41 Å². The Morgan fingerprint density at radius 1 is 0.812 bits per heavy atom. The maximum Gasteiger partial charge on any atom is 0.119 e. The second-order valence-corrected chi connectivity index (χ2v) is 10.1. The van der Waals surface area contributed by atoms with E-state index in [1.165, 1.54) is 49.7 Å². The van der Waals surface area contributed by atoms with Crippen molar-refractivity contribution in [2.75, 3.05) is 6.61 Å². The monoisotopic (exact) mass is 434 g/mol. The highest BCUT2D eigenvalue weighted by atomic mass is 16.5. The first-order chi connectivity index (χ1) is 15.6. The number of ether oxygens (including phenoxy) is 1. The van der Waals surface area contributed by atoms with Crippen LogP contribution in [0, 0.1) is 5.92 Å². The maximum atomic E-state index is 5.83. The molecule has 0 bridgehead atoms. The number of hydrogen-bond donors (Lipinski definition) is 0. The van der Waals surface area contributed by atoms with Gasteiger partial charge in [-0.15, -0.1) is 0 Å². The van der Waals surface area contributed by atoms with Gasteiger partial charge in [-0.3, -0.25) is 0 Å². The fourth-order valence-electron chi connectivity index (χ4n) is 6.19.